The molecule has 20 heavy (non-hydrogen) atoms. The van der Waals surface area contributed by atoms with E-state index in [1.165, 1.54) is 6.07 Å². The number of hydrogen-bond acceptors (Lipinski definition) is 1. The summed E-state index contributed by atoms with van der Waals surface area (Å²) in [6, 6.07) is 4.91. The Hall–Kier alpha value is -0.560. The van der Waals surface area contributed by atoms with Crippen LogP contribution in [-0.4, -0.2) is 18.5 Å². The molecule has 1 aliphatic carbocycles. The number of aliphatic imine (C=N–C) groups is 1. The molecule has 1 saturated carbocycles. The van der Waals surface area contributed by atoms with Gasteiger partial charge in [-0.05, 0) is 25.0 Å². The third-order valence-electron chi connectivity index (χ3n) is 3.29. The molecule has 3 nitrogen and oxygen atoms in total. The highest BCUT2D eigenvalue weighted by molar-refractivity contribution is 14.0. The molecule has 2 unspecified atom stereocenters. The minimum atomic E-state index is -0.247. The topological polar surface area (TPSA) is 50.4 Å². The molecule has 0 aliphatic heterocycles. The summed E-state index contributed by atoms with van der Waals surface area (Å²) in [7, 11) is 0. The predicted octanol–water partition coefficient (Wildman–Crippen LogP) is 3.66. The summed E-state index contributed by atoms with van der Waals surface area (Å²) in [4.78, 5) is 4.22. The number of nitrogens with two attached hydrogens (primary N) is 1. The summed E-state index contributed by atoms with van der Waals surface area (Å²) in [6.45, 7) is 2.84. The average molecular weight is 412 g/mol. The van der Waals surface area contributed by atoms with Crippen molar-refractivity contribution in [3.05, 3.63) is 34.6 Å². The van der Waals surface area contributed by atoms with E-state index in [9.17, 15) is 4.39 Å². The Kier molecular flexibility index (Phi) is 7.02. The first kappa shape index (κ1) is 17.5. The van der Waals surface area contributed by atoms with Crippen LogP contribution in [0.15, 0.2) is 23.2 Å². The van der Waals surface area contributed by atoms with E-state index in [-0.39, 0.29) is 41.8 Å². The van der Waals surface area contributed by atoms with Gasteiger partial charge in [0.05, 0.1) is 0 Å². The van der Waals surface area contributed by atoms with Crippen molar-refractivity contribution in [3.63, 3.8) is 0 Å². The molecule has 1 fully saturated rings. The van der Waals surface area contributed by atoms with E-state index in [1.54, 1.807) is 12.1 Å². The maximum absolute atomic E-state index is 13.7. The van der Waals surface area contributed by atoms with Crippen LogP contribution in [0.3, 0.4) is 0 Å². The van der Waals surface area contributed by atoms with Gasteiger partial charge in [0.25, 0.3) is 0 Å². The highest BCUT2D eigenvalue weighted by Gasteiger charge is 2.41. The number of nitrogens with one attached hydrogen (secondary N) is 1. The molecule has 1 aliphatic rings. The van der Waals surface area contributed by atoms with E-state index in [2.05, 4.69) is 17.2 Å². The highest BCUT2D eigenvalue weighted by atomic mass is 127. The SMILES string of the molecule is CCCCN=C(N)NC1CC1c1c(F)cccc1Cl.I. The summed E-state index contributed by atoms with van der Waals surface area (Å²) < 4.78 is 13.7. The Morgan fingerprint density at radius 2 is 2.30 bits per heavy atom. The number of hydrogen-bond donors (Lipinski definition) is 2. The summed E-state index contributed by atoms with van der Waals surface area (Å²) in [6.07, 6.45) is 2.95. The number of nitrogens with zero attached hydrogens (tertiary/aromatic N) is 1. The summed E-state index contributed by atoms with van der Waals surface area (Å²) in [5.74, 6) is 0.283. The molecule has 1 aromatic carbocycles. The lowest BCUT2D eigenvalue weighted by Crippen LogP contribution is -2.34. The fraction of sp³-hybridized carbons (Fsp3) is 0.500. The Morgan fingerprint density at radius 1 is 1.55 bits per heavy atom. The van der Waals surface area contributed by atoms with Gasteiger partial charge in [0.1, 0.15) is 5.82 Å². The van der Waals surface area contributed by atoms with Gasteiger partial charge in [-0.25, -0.2) is 4.39 Å². The van der Waals surface area contributed by atoms with E-state index in [1.807, 2.05) is 0 Å². The van der Waals surface area contributed by atoms with Crippen molar-refractivity contribution in [2.75, 3.05) is 6.54 Å². The van der Waals surface area contributed by atoms with Crippen LogP contribution in [0.1, 0.15) is 37.7 Å². The number of rotatable bonds is 5. The van der Waals surface area contributed by atoms with Crippen molar-refractivity contribution < 1.29 is 4.39 Å². The van der Waals surface area contributed by atoms with Gasteiger partial charge in [-0.2, -0.15) is 0 Å². The number of halogens is 3. The van der Waals surface area contributed by atoms with Crippen LogP contribution in [0.4, 0.5) is 4.39 Å². The lowest BCUT2D eigenvalue weighted by Gasteiger charge is -2.07. The largest absolute Gasteiger partial charge is 0.370 e. The van der Waals surface area contributed by atoms with Crippen LogP contribution in [0, 0.1) is 5.82 Å². The zero-order valence-electron chi connectivity index (χ0n) is 11.4. The smallest absolute Gasteiger partial charge is 0.188 e. The normalized spacial score (nSPS) is 21.2. The van der Waals surface area contributed by atoms with Crippen LogP contribution < -0.4 is 11.1 Å². The number of unbranched alkanes of at least 4 members (excludes halogenated alkanes) is 1. The molecule has 0 spiro atoms. The zero-order chi connectivity index (χ0) is 13.8. The summed E-state index contributed by atoms with van der Waals surface area (Å²) in [5.41, 5.74) is 6.37. The van der Waals surface area contributed by atoms with Gasteiger partial charge in [-0.15, -0.1) is 24.0 Å². The van der Waals surface area contributed by atoms with E-state index in [0.717, 1.165) is 25.8 Å². The fourth-order valence-corrected chi connectivity index (χ4v) is 2.43. The Morgan fingerprint density at radius 3 is 2.95 bits per heavy atom. The van der Waals surface area contributed by atoms with Gasteiger partial charge < -0.3 is 11.1 Å². The van der Waals surface area contributed by atoms with Crippen LogP contribution in [-0.2, 0) is 0 Å². The summed E-state index contributed by atoms with van der Waals surface area (Å²) >= 11 is 6.04. The number of guanidine groups is 1. The molecule has 0 amide bonds. The molecule has 1 aromatic rings. The molecule has 2 rings (SSSR count). The molecule has 6 heteroatoms. The van der Waals surface area contributed by atoms with Gasteiger partial charge in [0.2, 0.25) is 0 Å². The molecule has 2 atom stereocenters. The first-order valence-electron chi connectivity index (χ1n) is 6.63. The highest BCUT2D eigenvalue weighted by Crippen LogP contribution is 2.44. The average Bonchev–Trinajstić information content (AvgIpc) is 3.08. The molecule has 112 valence electrons. The van der Waals surface area contributed by atoms with Crippen molar-refractivity contribution in [3.8, 4) is 0 Å². The molecule has 0 radical (unpaired) electrons. The molecule has 0 aromatic heterocycles. The van der Waals surface area contributed by atoms with Crippen LogP contribution in [0.25, 0.3) is 0 Å². The second-order valence-corrected chi connectivity index (χ2v) is 5.26. The van der Waals surface area contributed by atoms with E-state index < -0.39 is 0 Å². The fourth-order valence-electron chi connectivity index (χ4n) is 2.13. The first-order valence-corrected chi connectivity index (χ1v) is 7.01. The van der Waals surface area contributed by atoms with E-state index in [0.29, 0.717) is 16.5 Å². The third kappa shape index (κ3) is 4.48. The maximum atomic E-state index is 13.7. The quantitative estimate of drug-likeness (QED) is 0.336. The Labute approximate surface area is 141 Å². The standard InChI is InChI=1S/C14H19ClFN3.HI/c1-2-3-7-18-14(17)19-12-8-9(12)13-10(15)5-4-6-11(13)16;/h4-6,9,12H,2-3,7-8H2,1H3,(H3,17,18,19);1H. The van der Waals surface area contributed by atoms with Crippen molar-refractivity contribution >= 4 is 41.5 Å². The minimum absolute atomic E-state index is 0. The zero-order valence-corrected chi connectivity index (χ0v) is 14.5. The Bertz CT molecular complexity index is 461. The number of benzene rings is 1. The van der Waals surface area contributed by atoms with Crippen molar-refractivity contribution in [2.24, 2.45) is 10.7 Å². The van der Waals surface area contributed by atoms with E-state index in [4.69, 9.17) is 17.3 Å². The maximum Gasteiger partial charge on any atom is 0.188 e. The van der Waals surface area contributed by atoms with Crippen molar-refractivity contribution in [1.29, 1.82) is 0 Å². The second-order valence-electron chi connectivity index (χ2n) is 4.85. The summed E-state index contributed by atoms with van der Waals surface area (Å²) in [5, 5.41) is 3.60. The lowest BCUT2D eigenvalue weighted by molar-refractivity contribution is 0.608. The molecular formula is C14H20ClFIN3. The third-order valence-corrected chi connectivity index (χ3v) is 3.62. The predicted molar refractivity (Wildman–Crippen MR) is 92.5 cm³/mol. The van der Waals surface area contributed by atoms with Gasteiger partial charge in [-0.1, -0.05) is 31.0 Å². The van der Waals surface area contributed by atoms with Gasteiger partial charge >= 0.3 is 0 Å². The first-order chi connectivity index (χ1) is 9.13. The monoisotopic (exact) mass is 411 g/mol. The molecule has 0 bridgehead atoms. The van der Waals surface area contributed by atoms with Gasteiger partial charge in [0, 0.05) is 29.1 Å². The van der Waals surface area contributed by atoms with E-state index >= 15 is 0 Å². The minimum Gasteiger partial charge on any atom is -0.370 e. The van der Waals surface area contributed by atoms with Gasteiger partial charge in [-0.3, -0.25) is 4.99 Å². The molecule has 3 N–H and O–H groups in total. The van der Waals surface area contributed by atoms with Crippen molar-refractivity contribution in [2.45, 2.75) is 38.1 Å². The van der Waals surface area contributed by atoms with Crippen LogP contribution >= 0.6 is 35.6 Å². The Balaban J connectivity index is 0.00000200. The van der Waals surface area contributed by atoms with Crippen LogP contribution in [0.5, 0.6) is 0 Å². The van der Waals surface area contributed by atoms with Crippen LogP contribution in [0.2, 0.25) is 5.02 Å². The second kappa shape index (κ2) is 8.02. The molecule has 0 saturated heterocycles. The molecule has 0 heterocycles. The molecular weight excluding hydrogens is 392 g/mol. The van der Waals surface area contributed by atoms with Gasteiger partial charge in [0.15, 0.2) is 5.96 Å². The van der Waals surface area contributed by atoms with Crippen molar-refractivity contribution in [1.82, 2.24) is 5.32 Å². The lowest BCUT2D eigenvalue weighted by atomic mass is 10.1.